The minimum Gasteiger partial charge on any atom is -0.375 e. The van der Waals surface area contributed by atoms with Crippen molar-refractivity contribution in [3.05, 3.63) is 65.1 Å². The van der Waals surface area contributed by atoms with Gasteiger partial charge in [0.1, 0.15) is 0 Å². The number of fused-ring (bicyclic) bond motifs is 3. The highest BCUT2D eigenvalue weighted by Gasteiger charge is 2.41. The van der Waals surface area contributed by atoms with Gasteiger partial charge in [-0.25, -0.2) is 4.98 Å². The second-order valence-corrected chi connectivity index (χ2v) is 7.62. The molecule has 1 aliphatic heterocycles. The predicted molar refractivity (Wildman–Crippen MR) is 99.7 cm³/mol. The van der Waals surface area contributed by atoms with Crippen LogP contribution in [0.2, 0.25) is 0 Å². The molecule has 1 aliphatic rings. The van der Waals surface area contributed by atoms with Crippen LogP contribution in [0.15, 0.2) is 42.6 Å². The molecule has 0 bridgehead atoms. The van der Waals surface area contributed by atoms with Gasteiger partial charge < -0.3 is 9.72 Å². The van der Waals surface area contributed by atoms with E-state index in [1.165, 1.54) is 22.5 Å². The third-order valence-corrected chi connectivity index (χ3v) is 6.06. The number of pyridine rings is 1. The van der Waals surface area contributed by atoms with Crippen LogP contribution in [-0.4, -0.2) is 9.38 Å². The van der Waals surface area contributed by atoms with Gasteiger partial charge in [0, 0.05) is 11.9 Å². The fourth-order valence-electron chi connectivity index (χ4n) is 3.99. The molecule has 0 saturated heterocycles. The zero-order valence-electron chi connectivity index (χ0n) is 15.1. The first-order valence-corrected chi connectivity index (χ1v) is 8.71. The van der Waals surface area contributed by atoms with E-state index in [1.54, 1.807) is 0 Å². The Kier molecular flexibility index (Phi) is 3.24. The summed E-state index contributed by atoms with van der Waals surface area (Å²) in [5, 5.41) is 3.82. The van der Waals surface area contributed by atoms with Gasteiger partial charge >= 0.3 is 0 Å². The van der Waals surface area contributed by atoms with E-state index in [9.17, 15) is 0 Å². The van der Waals surface area contributed by atoms with Crippen LogP contribution in [-0.2, 0) is 5.41 Å². The lowest BCUT2D eigenvalue weighted by atomic mass is 9.67. The van der Waals surface area contributed by atoms with Crippen LogP contribution in [0.3, 0.4) is 0 Å². The van der Waals surface area contributed by atoms with Gasteiger partial charge in [0.05, 0.1) is 17.4 Å². The van der Waals surface area contributed by atoms with Gasteiger partial charge in [-0.1, -0.05) is 51.1 Å². The second-order valence-electron chi connectivity index (χ2n) is 7.62. The van der Waals surface area contributed by atoms with E-state index in [2.05, 4.69) is 86.9 Å². The van der Waals surface area contributed by atoms with Gasteiger partial charge in [-0.05, 0) is 42.4 Å². The summed E-state index contributed by atoms with van der Waals surface area (Å²) in [6.07, 6.45) is 2.17. The van der Waals surface area contributed by atoms with E-state index < -0.39 is 0 Å². The molecule has 2 aromatic heterocycles. The highest BCUT2D eigenvalue weighted by molar-refractivity contribution is 5.76. The van der Waals surface area contributed by atoms with Crippen molar-refractivity contribution < 1.29 is 0 Å². The van der Waals surface area contributed by atoms with E-state index in [1.807, 2.05) is 0 Å². The van der Waals surface area contributed by atoms with E-state index in [4.69, 9.17) is 4.98 Å². The number of hydrogen-bond acceptors (Lipinski definition) is 2. The summed E-state index contributed by atoms with van der Waals surface area (Å²) in [4.78, 5) is 4.85. The molecule has 3 heterocycles. The average molecular weight is 319 g/mol. The van der Waals surface area contributed by atoms with Gasteiger partial charge in [0.2, 0.25) is 0 Å². The fourth-order valence-corrected chi connectivity index (χ4v) is 3.99. The van der Waals surface area contributed by atoms with E-state index >= 15 is 0 Å². The number of hydrogen-bond donors (Lipinski definition) is 1. The minimum absolute atomic E-state index is 0.0800. The summed E-state index contributed by atoms with van der Waals surface area (Å²) < 4.78 is 2.20. The summed E-state index contributed by atoms with van der Waals surface area (Å²) >= 11 is 0. The molecular weight excluding hydrogens is 294 g/mol. The van der Waals surface area contributed by atoms with Crippen LogP contribution < -0.4 is 5.32 Å². The summed E-state index contributed by atoms with van der Waals surface area (Å²) in [5.41, 5.74) is 7.32. The van der Waals surface area contributed by atoms with E-state index in [-0.39, 0.29) is 11.5 Å². The van der Waals surface area contributed by atoms with Crippen LogP contribution in [0, 0.1) is 19.8 Å². The maximum Gasteiger partial charge on any atom is 0.161 e. The van der Waals surface area contributed by atoms with Crippen LogP contribution in [0.4, 0.5) is 5.69 Å². The molecule has 0 radical (unpaired) electrons. The highest BCUT2D eigenvalue weighted by Crippen LogP contribution is 2.49. The van der Waals surface area contributed by atoms with Crippen molar-refractivity contribution in [3.8, 4) is 0 Å². The molecule has 1 aromatic carbocycles. The van der Waals surface area contributed by atoms with Crippen molar-refractivity contribution in [3.63, 3.8) is 0 Å². The quantitative estimate of drug-likeness (QED) is 0.681. The Bertz CT molecular complexity index is 906. The molecule has 0 spiro atoms. The molecule has 3 heteroatoms. The molecule has 3 aromatic rings. The van der Waals surface area contributed by atoms with Crippen molar-refractivity contribution in [1.29, 1.82) is 0 Å². The van der Waals surface area contributed by atoms with Gasteiger partial charge in [-0.2, -0.15) is 0 Å². The number of anilines is 1. The molecule has 0 fully saturated rings. The largest absolute Gasteiger partial charge is 0.375 e. The first-order chi connectivity index (χ1) is 11.4. The lowest BCUT2D eigenvalue weighted by Crippen LogP contribution is -2.40. The van der Waals surface area contributed by atoms with Crippen molar-refractivity contribution in [2.45, 2.75) is 46.1 Å². The number of nitrogens with one attached hydrogen (secondary N) is 1. The van der Waals surface area contributed by atoms with E-state index in [0.29, 0.717) is 5.92 Å². The number of rotatable bonds is 1. The standard InChI is InChI=1S/C21H25N3/c1-13-18(16-9-7-6-8-10-16)23-19-17(21(13,4)5)11-12-24-15(3)14(2)22-20(19)24/h6-13,18,23H,1-5H3/t13-,18+/m1/s1. The third-order valence-electron chi connectivity index (χ3n) is 6.06. The maximum atomic E-state index is 4.85. The third kappa shape index (κ3) is 2.00. The zero-order valence-corrected chi connectivity index (χ0v) is 15.1. The van der Waals surface area contributed by atoms with Crippen molar-refractivity contribution in [2.75, 3.05) is 5.32 Å². The van der Waals surface area contributed by atoms with Crippen LogP contribution >= 0.6 is 0 Å². The molecule has 2 atom stereocenters. The van der Waals surface area contributed by atoms with Gasteiger partial charge in [-0.3, -0.25) is 0 Å². The molecule has 0 saturated carbocycles. The summed E-state index contributed by atoms with van der Waals surface area (Å²) in [7, 11) is 0. The Morgan fingerprint density at radius 3 is 2.50 bits per heavy atom. The smallest absolute Gasteiger partial charge is 0.161 e. The molecule has 3 nitrogen and oxygen atoms in total. The minimum atomic E-state index is 0.0800. The number of aryl methyl sites for hydroxylation is 2. The molecule has 0 aliphatic carbocycles. The molecule has 0 amide bonds. The highest BCUT2D eigenvalue weighted by atomic mass is 15.1. The van der Waals surface area contributed by atoms with Crippen LogP contribution in [0.1, 0.15) is 49.3 Å². The molecular formula is C21H25N3. The van der Waals surface area contributed by atoms with Gasteiger partial charge in [0.25, 0.3) is 0 Å². The van der Waals surface area contributed by atoms with E-state index in [0.717, 1.165) is 11.3 Å². The molecule has 24 heavy (non-hydrogen) atoms. The Hall–Kier alpha value is -2.29. The van der Waals surface area contributed by atoms with Gasteiger partial charge in [0.15, 0.2) is 5.65 Å². The number of aromatic nitrogens is 2. The number of benzene rings is 1. The van der Waals surface area contributed by atoms with Crippen LogP contribution in [0.25, 0.3) is 5.65 Å². The van der Waals surface area contributed by atoms with Gasteiger partial charge in [-0.15, -0.1) is 0 Å². The summed E-state index contributed by atoms with van der Waals surface area (Å²) in [5.74, 6) is 0.479. The average Bonchev–Trinajstić information content (AvgIpc) is 2.87. The van der Waals surface area contributed by atoms with Crippen molar-refractivity contribution >= 4 is 11.3 Å². The summed E-state index contributed by atoms with van der Waals surface area (Å²) in [6, 6.07) is 13.3. The lowest BCUT2D eigenvalue weighted by Gasteiger charge is -2.44. The lowest BCUT2D eigenvalue weighted by molar-refractivity contribution is 0.293. The Balaban J connectivity index is 1.95. The van der Waals surface area contributed by atoms with Crippen molar-refractivity contribution in [2.24, 2.45) is 5.92 Å². The Morgan fingerprint density at radius 2 is 1.79 bits per heavy atom. The maximum absolute atomic E-state index is 4.85. The number of nitrogens with zero attached hydrogens (tertiary/aromatic N) is 2. The normalized spacial score (nSPS) is 22.2. The van der Waals surface area contributed by atoms with Crippen molar-refractivity contribution in [1.82, 2.24) is 9.38 Å². The van der Waals surface area contributed by atoms with Crippen LogP contribution in [0.5, 0.6) is 0 Å². The number of imidazole rings is 1. The topological polar surface area (TPSA) is 29.3 Å². The second kappa shape index (κ2) is 5.10. The predicted octanol–water partition coefficient (Wildman–Crippen LogP) is 5.03. The Morgan fingerprint density at radius 1 is 1.08 bits per heavy atom. The molecule has 0 unspecified atom stereocenters. The molecule has 4 rings (SSSR count). The fraction of sp³-hybridized carbons (Fsp3) is 0.381. The molecule has 124 valence electrons. The first kappa shape index (κ1) is 15.3. The zero-order chi connectivity index (χ0) is 17.1. The SMILES string of the molecule is Cc1nc2c3c(ccn2c1C)C(C)(C)[C@H](C)[C@@H](c1ccccc1)N3. The molecule has 1 N–H and O–H groups in total. The monoisotopic (exact) mass is 319 g/mol. The summed E-state index contributed by atoms with van der Waals surface area (Å²) in [6.45, 7) is 11.3. The first-order valence-electron chi connectivity index (χ1n) is 8.71. The Labute approximate surface area is 143 Å².